The Hall–Kier alpha value is -1.82. The van der Waals surface area contributed by atoms with Crippen LogP contribution in [-0.4, -0.2) is 23.2 Å². The Balaban J connectivity index is 3.27. The van der Waals surface area contributed by atoms with E-state index in [0.29, 0.717) is 31.1 Å². The molecule has 0 aliphatic heterocycles. The van der Waals surface area contributed by atoms with Crippen LogP contribution in [0.5, 0.6) is 11.5 Å². The van der Waals surface area contributed by atoms with Crippen molar-refractivity contribution in [1.29, 1.82) is 0 Å². The van der Waals surface area contributed by atoms with Gasteiger partial charge in [0.15, 0.2) is 11.5 Å². The van der Waals surface area contributed by atoms with Gasteiger partial charge in [-0.05, 0) is 25.3 Å². The Bertz CT molecular complexity index is 475. The fourth-order valence-electron chi connectivity index (χ4n) is 1.86. The summed E-state index contributed by atoms with van der Waals surface area (Å²) in [6.45, 7) is 6.63. The highest BCUT2D eigenvalue weighted by molar-refractivity contribution is 5.55. The Kier molecular flexibility index (Phi) is 6.94. The number of ether oxygens (including phenoxy) is 2. The molecule has 1 unspecified atom stereocenters. The highest BCUT2D eigenvalue weighted by Gasteiger charge is 2.24. The number of rotatable bonds is 9. The second kappa shape index (κ2) is 8.46. The van der Waals surface area contributed by atoms with Gasteiger partial charge >= 0.3 is 0 Å². The molecule has 0 fully saturated rings. The second-order valence-electron chi connectivity index (χ2n) is 4.74. The van der Waals surface area contributed by atoms with Gasteiger partial charge in [0, 0.05) is 0 Å². The van der Waals surface area contributed by atoms with E-state index in [1.165, 1.54) is 12.1 Å². The summed E-state index contributed by atoms with van der Waals surface area (Å²) in [5, 5.41) is 21.2. The lowest BCUT2D eigenvalue weighted by atomic mass is 10.0. The first-order valence-electron chi connectivity index (χ1n) is 7.31. The van der Waals surface area contributed by atoms with Gasteiger partial charge in [-0.2, -0.15) is 0 Å². The molecule has 1 aromatic carbocycles. The molecule has 118 valence electrons. The first-order chi connectivity index (χ1) is 10.0. The summed E-state index contributed by atoms with van der Waals surface area (Å²) in [4.78, 5) is 10.7. The van der Waals surface area contributed by atoms with Gasteiger partial charge in [-0.3, -0.25) is 10.1 Å². The molecule has 21 heavy (non-hydrogen) atoms. The monoisotopic (exact) mass is 297 g/mol. The van der Waals surface area contributed by atoms with E-state index >= 15 is 0 Å². The summed E-state index contributed by atoms with van der Waals surface area (Å²) in [5.41, 5.74) is 0.122. The number of aliphatic hydroxyl groups is 1. The summed E-state index contributed by atoms with van der Waals surface area (Å²) >= 11 is 0. The maximum atomic E-state index is 11.2. The van der Waals surface area contributed by atoms with Crippen LogP contribution in [0.2, 0.25) is 0 Å². The lowest BCUT2D eigenvalue weighted by Gasteiger charge is -2.16. The van der Waals surface area contributed by atoms with Crippen LogP contribution in [0.3, 0.4) is 0 Å². The molecular weight excluding hydrogens is 274 g/mol. The zero-order chi connectivity index (χ0) is 15.8. The standard InChI is InChI=1S/C15H23NO5/c1-4-7-20-14-9-11(13(17)6-3)12(16(18)19)10-15(14)21-8-5-2/h9-10,13,17H,4-8H2,1-3H3. The van der Waals surface area contributed by atoms with Crippen LogP contribution in [0, 0.1) is 10.1 Å². The van der Waals surface area contributed by atoms with E-state index in [4.69, 9.17) is 9.47 Å². The lowest BCUT2D eigenvalue weighted by molar-refractivity contribution is -0.386. The van der Waals surface area contributed by atoms with Crippen molar-refractivity contribution in [2.45, 2.75) is 46.1 Å². The summed E-state index contributed by atoms with van der Waals surface area (Å²) < 4.78 is 11.1. The predicted molar refractivity (Wildman–Crippen MR) is 79.9 cm³/mol. The van der Waals surface area contributed by atoms with Crippen LogP contribution in [-0.2, 0) is 0 Å². The van der Waals surface area contributed by atoms with Crippen LogP contribution >= 0.6 is 0 Å². The zero-order valence-electron chi connectivity index (χ0n) is 12.8. The predicted octanol–water partition coefficient (Wildman–Crippen LogP) is 3.62. The molecule has 0 bridgehead atoms. The third kappa shape index (κ3) is 4.60. The van der Waals surface area contributed by atoms with Crippen molar-refractivity contribution in [1.82, 2.24) is 0 Å². The molecule has 0 spiro atoms. The van der Waals surface area contributed by atoms with E-state index in [0.717, 1.165) is 12.8 Å². The molecule has 0 aliphatic rings. The molecule has 1 rings (SSSR count). The number of nitro benzene ring substituents is 1. The topological polar surface area (TPSA) is 81.8 Å². The molecule has 1 atom stereocenters. The van der Waals surface area contributed by atoms with E-state index in [1.54, 1.807) is 6.92 Å². The first-order valence-corrected chi connectivity index (χ1v) is 7.31. The molecule has 1 N–H and O–H groups in total. The number of benzene rings is 1. The first kappa shape index (κ1) is 17.2. The molecule has 0 amide bonds. The average Bonchev–Trinajstić information content (AvgIpc) is 2.49. The fourth-order valence-corrected chi connectivity index (χ4v) is 1.86. The maximum Gasteiger partial charge on any atom is 0.279 e. The van der Waals surface area contributed by atoms with Crippen molar-refractivity contribution in [3.63, 3.8) is 0 Å². The Morgan fingerprint density at radius 2 is 1.67 bits per heavy atom. The van der Waals surface area contributed by atoms with Gasteiger partial charge in [0.25, 0.3) is 5.69 Å². The van der Waals surface area contributed by atoms with Gasteiger partial charge in [0.1, 0.15) is 0 Å². The highest BCUT2D eigenvalue weighted by Crippen LogP contribution is 2.38. The van der Waals surface area contributed by atoms with Crippen LogP contribution in [0.25, 0.3) is 0 Å². The van der Waals surface area contributed by atoms with E-state index < -0.39 is 11.0 Å². The van der Waals surface area contributed by atoms with Crippen molar-refractivity contribution in [2.75, 3.05) is 13.2 Å². The van der Waals surface area contributed by atoms with E-state index in [-0.39, 0.29) is 11.3 Å². The Morgan fingerprint density at radius 1 is 1.14 bits per heavy atom. The number of nitro groups is 1. The van der Waals surface area contributed by atoms with E-state index in [2.05, 4.69) is 0 Å². The Morgan fingerprint density at radius 3 is 2.10 bits per heavy atom. The molecule has 0 saturated carbocycles. The third-order valence-corrected chi connectivity index (χ3v) is 2.96. The summed E-state index contributed by atoms with van der Waals surface area (Å²) in [5.74, 6) is 0.794. The second-order valence-corrected chi connectivity index (χ2v) is 4.74. The van der Waals surface area contributed by atoms with Crippen molar-refractivity contribution in [3.05, 3.63) is 27.8 Å². The van der Waals surface area contributed by atoms with E-state index in [9.17, 15) is 15.2 Å². The summed E-state index contributed by atoms with van der Waals surface area (Å²) in [7, 11) is 0. The van der Waals surface area contributed by atoms with Crippen LogP contribution in [0.4, 0.5) is 5.69 Å². The van der Waals surface area contributed by atoms with Gasteiger partial charge in [-0.15, -0.1) is 0 Å². The Labute approximate surface area is 124 Å². The van der Waals surface area contributed by atoms with Crippen LogP contribution in [0.1, 0.15) is 51.7 Å². The average molecular weight is 297 g/mol. The summed E-state index contributed by atoms with van der Waals surface area (Å²) in [6, 6.07) is 2.86. The molecule has 6 heteroatoms. The van der Waals surface area contributed by atoms with Crippen molar-refractivity contribution in [2.24, 2.45) is 0 Å². The highest BCUT2D eigenvalue weighted by atomic mass is 16.6. The molecule has 0 radical (unpaired) electrons. The summed E-state index contributed by atoms with van der Waals surface area (Å²) in [6.07, 6.45) is 1.11. The minimum Gasteiger partial charge on any atom is -0.490 e. The smallest absolute Gasteiger partial charge is 0.279 e. The van der Waals surface area contributed by atoms with Gasteiger partial charge in [-0.1, -0.05) is 20.8 Å². The van der Waals surface area contributed by atoms with Crippen molar-refractivity contribution in [3.8, 4) is 11.5 Å². The minimum absolute atomic E-state index is 0.140. The fraction of sp³-hybridized carbons (Fsp3) is 0.600. The molecule has 0 saturated heterocycles. The van der Waals surface area contributed by atoms with Gasteiger partial charge in [0.05, 0.1) is 35.9 Å². The number of aliphatic hydroxyl groups excluding tert-OH is 1. The van der Waals surface area contributed by atoms with Gasteiger partial charge in [0.2, 0.25) is 0 Å². The SMILES string of the molecule is CCCOc1cc(C(O)CC)c([N+](=O)[O-])cc1OCCC. The molecule has 1 aromatic rings. The zero-order valence-corrected chi connectivity index (χ0v) is 12.8. The maximum absolute atomic E-state index is 11.2. The van der Waals surface area contributed by atoms with Crippen molar-refractivity contribution >= 4 is 5.69 Å². The normalized spacial score (nSPS) is 12.0. The quantitative estimate of drug-likeness (QED) is 0.556. The largest absolute Gasteiger partial charge is 0.490 e. The third-order valence-electron chi connectivity index (χ3n) is 2.96. The van der Waals surface area contributed by atoms with Crippen LogP contribution < -0.4 is 9.47 Å². The molecule has 0 aliphatic carbocycles. The molecule has 0 aromatic heterocycles. The number of hydrogen-bond acceptors (Lipinski definition) is 5. The van der Waals surface area contributed by atoms with Gasteiger partial charge < -0.3 is 14.6 Å². The van der Waals surface area contributed by atoms with E-state index in [1.807, 2.05) is 13.8 Å². The molecular formula is C15H23NO5. The number of hydrogen-bond donors (Lipinski definition) is 1. The number of nitrogens with zero attached hydrogens (tertiary/aromatic N) is 1. The minimum atomic E-state index is -0.894. The van der Waals surface area contributed by atoms with Crippen molar-refractivity contribution < 1.29 is 19.5 Å². The molecule has 6 nitrogen and oxygen atoms in total. The molecule has 0 heterocycles. The lowest BCUT2D eigenvalue weighted by Crippen LogP contribution is -2.06. The van der Waals surface area contributed by atoms with Crippen LogP contribution in [0.15, 0.2) is 12.1 Å². The van der Waals surface area contributed by atoms with Gasteiger partial charge in [-0.25, -0.2) is 0 Å².